The van der Waals surface area contributed by atoms with Gasteiger partial charge in [0.1, 0.15) is 0 Å². The van der Waals surface area contributed by atoms with Crippen LogP contribution in [0.25, 0.3) is 0 Å². The van der Waals surface area contributed by atoms with Crippen LogP contribution in [0.4, 0.5) is 0 Å². The van der Waals surface area contributed by atoms with Gasteiger partial charge < -0.3 is 5.32 Å². The summed E-state index contributed by atoms with van der Waals surface area (Å²) in [5.41, 5.74) is 0. The first-order chi connectivity index (χ1) is 8.24. The number of aryl methyl sites for hydroxylation is 1. The molecule has 1 aliphatic rings. The van der Waals surface area contributed by atoms with Gasteiger partial charge in [-0.25, -0.2) is 0 Å². The Hall–Kier alpha value is -0.340. The average molecular weight is 251 g/mol. The summed E-state index contributed by atoms with van der Waals surface area (Å²) in [5, 5.41) is 3.55. The molecule has 1 unspecified atom stereocenters. The highest BCUT2D eigenvalue weighted by Crippen LogP contribution is 2.38. The van der Waals surface area contributed by atoms with E-state index in [1.54, 1.807) is 4.88 Å². The van der Waals surface area contributed by atoms with Crippen molar-refractivity contribution in [2.75, 3.05) is 7.05 Å². The average Bonchev–Trinajstić information content (AvgIpc) is 2.81. The maximum Gasteiger partial charge on any atom is 0.0441 e. The van der Waals surface area contributed by atoms with Crippen LogP contribution in [0, 0.1) is 11.8 Å². The first-order valence-corrected chi connectivity index (χ1v) is 7.82. The van der Waals surface area contributed by atoms with Crippen molar-refractivity contribution in [1.82, 2.24) is 5.32 Å². The van der Waals surface area contributed by atoms with E-state index < -0.39 is 0 Å². The van der Waals surface area contributed by atoms with E-state index in [-0.39, 0.29) is 0 Å². The molecule has 2 rings (SSSR count). The first kappa shape index (κ1) is 13.1. The van der Waals surface area contributed by atoms with Crippen molar-refractivity contribution in [3.8, 4) is 0 Å². The summed E-state index contributed by atoms with van der Waals surface area (Å²) in [4.78, 5) is 3.06. The van der Waals surface area contributed by atoms with Crippen LogP contribution in [-0.4, -0.2) is 7.05 Å². The van der Waals surface area contributed by atoms with Crippen molar-refractivity contribution in [2.24, 2.45) is 11.8 Å². The summed E-state index contributed by atoms with van der Waals surface area (Å²) in [5.74, 6) is 1.79. The van der Waals surface area contributed by atoms with Crippen LogP contribution >= 0.6 is 11.3 Å². The van der Waals surface area contributed by atoms with Crippen molar-refractivity contribution in [3.05, 3.63) is 21.9 Å². The predicted molar refractivity (Wildman–Crippen MR) is 76.6 cm³/mol. The Labute approximate surface area is 110 Å². The molecule has 0 radical (unpaired) electrons. The van der Waals surface area contributed by atoms with Gasteiger partial charge in [-0.2, -0.15) is 0 Å². The lowest BCUT2D eigenvalue weighted by Gasteiger charge is -2.32. The SMILES string of the molecule is CCc1ccc(C(NC)C2CCC(C)CC2)s1. The molecule has 1 N–H and O–H groups in total. The molecular weight excluding hydrogens is 226 g/mol. The molecule has 1 fully saturated rings. The zero-order valence-electron chi connectivity index (χ0n) is 11.3. The molecule has 1 heterocycles. The van der Waals surface area contributed by atoms with E-state index >= 15 is 0 Å². The van der Waals surface area contributed by atoms with Gasteiger partial charge in [0.15, 0.2) is 0 Å². The van der Waals surface area contributed by atoms with Gasteiger partial charge in [0.05, 0.1) is 0 Å². The molecule has 0 bridgehead atoms. The third-order valence-electron chi connectivity index (χ3n) is 4.18. The highest BCUT2D eigenvalue weighted by Gasteiger charge is 2.26. The Kier molecular flexibility index (Phi) is 4.63. The van der Waals surface area contributed by atoms with Crippen LogP contribution in [0.3, 0.4) is 0 Å². The van der Waals surface area contributed by atoms with Gasteiger partial charge in [-0.05, 0) is 50.3 Å². The van der Waals surface area contributed by atoms with Crippen molar-refractivity contribution < 1.29 is 0 Å². The van der Waals surface area contributed by atoms with Gasteiger partial charge in [0.2, 0.25) is 0 Å². The summed E-state index contributed by atoms with van der Waals surface area (Å²) in [6, 6.07) is 5.23. The normalized spacial score (nSPS) is 27.0. The lowest BCUT2D eigenvalue weighted by molar-refractivity contribution is 0.240. The van der Waals surface area contributed by atoms with Gasteiger partial charge >= 0.3 is 0 Å². The highest BCUT2D eigenvalue weighted by atomic mass is 32.1. The summed E-state index contributed by atoms with van der Waals surface area (Å²) in [6.07, 6.45) is 6.78. The number of thiophene rings is 1. The molecule has 0 aromatic carbocycles. The Bertz CT molecular complexity index is 336. The largest absolute Gasteiger partial charge is 0.312 e. The van der Waals surface area contributed by atoms with Crippen molar-refractivity contribution in [2.45, 2.75) is 52.0 Å². The van der Waals surface area contributed by atoms with Crippen molar-refractivity contribution in [3.63, 3.8) is 0 Å². The molecule has 1 aliphatic carbocycles. The number of hydrogen-bond donors (Lipinski definition) is 1. The van der Waals surface area contributed by atoms with Crippen LogP contribution in [0.5, 0.6) is 0 Å². The lowest BCUT2D eigenvalue weighted by atomic mass is 9.79. The standard InChI is InChI=1S/C15H25NS/c1-4-13-9-10-14(17-13)15(16-3)12-7-5-11(2)6-8-12/h9-12,15-16H,4-8H2,1-3H3. The molecule has 1 aromatic rings. The molecule has 0 aliphatic heterocycles. The Balaban J connectivity index is 2.05. The maximum atomic E-state index is 3.55. The highest BCUT2D eigenvalue weighted by molar-refractivity contribution is 7.12. The Morgan fingerprint density at radius 1 is 1.29 bits per heavy atom. The van der Waals surface area contributed by atoms with E-state index in [4.69, 9.17) is 0 Å². The van der Waals surface area contributed by atoms with E-state index in [1.807, 2.05) is 11.3 Å². The van der Waals surface area contributed by atoms with E-state index in [1.165, 1.54) is 37.0 Å². The van der Waals surface area contributed by atoms with Gasteiger partial charge in [-0.1, -0.05) is 26.7 Å². The summed E-state index contributed by atoms with van der Waals surface area (Å²) < 4.78 is 0. The molecule has 2 heteroatoms. The Morgan fingerprint density at radius 3 is 2.53 bits per heavy atom. The van der Waals surface area contributed by atoms with E-state index in [0.717, 1.165) is 11.8 Å². The van der Waals surface area contributed by atoms with Crippen molar-refractivity contribution >= 4 is 11.3 Å². The summed E-state index contributed by atoms with van der Waals surface area (Å²) in [7, 11) is 2.12. The maximum absolute atomic E-state index is 3.55. The summed E-state index contributed by atoms with van der Waals surface area (Å²) in [6.45, 7) is 4.64. The zero-order valence-corrected chi connectivity index (χ0v) is 12.1. The first-order valence-electron chi connectivity index (χ1n) is 7.00. The Morgan fingerprint density at radius 2 is 2.00 bits per heavy atom. The van der Waals surface area contributed by atoms with Crippen molar-refractivity contribution in [1.29, 1.82) is 0 Å². The van der Waals surface area contributed by atoms with Crippen LogP contribution in [0.2, 0.25) is 0 Å². The minimum atomic E-state index is 0.591. The topological polar surface area (TPSA) is 12.0 Å². The smallest absolute Gasteiger partial charge is 0.0441 e. The minimum absolute atomic E-state index is 0.591. The molecule has 1 atom stereocenters. The molecular formula is C15H25NS. The molecule has 0 spiro atoms. The van der Waals surface area contributed by atoms with Crippen LogP contribution in [-0.2, 0) is 6.42 Å². The number of nitrogens with one attached hydrogen (secondary N) is 1. The molecule has 1 nitrogen and oxygen atoms in total. The van der Waals surface area contributed by atoms with Gasteiger partial charge in [0.25, 0.3) is 0 Å². The zero-order chi connectivity index (χ0) is 12.3. The second-order valence-electron chi connectivity index (χ2n) is 5.44. The molecule has 1 aromatic heterocycles. The molecule has 17 heavy (non-hydrogen) atoms. The lowest BCUT2D eigenvalue weighted by Crippen LogP contribution is -2.27. The fraction of sp³-hybridized carbons (Fsp3) is 0.733. The van der Waals surface area contributed by atoms with Gasteiger partial charge in [-0.15, -0.1) is 11.3 Å². The molecule has 1 saturated carbocycles. The third-order valence-corrected chi connectivity index (χ3v) is 5.49. The van der Waals surface area contributed by atoms with Crippen LogP contribution < -0.4 is 5.32 Å². The second kappa shape index (κ2) is 6.01. The van der Waals surface area contributed by atoms with Crippen LogP contribution in [0.1, 0.15) is 55.3 Å². The van der Waals surface area contributed by atoms with E-state index in [2.05, 4.69) is 38.3 Å². The predicted octanol–water partition coefficient (Wildman–Crippen LogP) is 4.40. The fourth-order valence-electron chi connectivity index (χ4n) is 2.98. The second-order valence-corrected chi connectivity index (χ2v) is 6.64. The molecule has 0 saturated heterocycles. The molecule has 0 amide bonds. The van der Waals surface area contributed by atoms with Gasteiger partial charge in [-0.3, -0.25) is 0 Å². The van der Waals surface area contributed by atoms with Gasteiger partial charge in [0, 0.05) is 15.8 Å². The minimum Gasteiger partial charge on any atom is -0.312 e. The van der Waals surface area contributed by atoms with Crippen LogP contribution in [0.15, 0.2) is 12.1 Å². The number of rotatable bonds is 4. The monoisotopic (exact) mass is 251 g/mol. The van der Waals surface area contributed by atoms with E-state index in [0.29, 0.717) is 6.04 Å². The fourth-order valence-corrected chi connectivity index (χ4v) is 4.14. The number of hydrogen-bond acceptors (Lipinski definition) is 2. The third kappa shape index (κ3) is 3.11. The summed E-state index contributed by atoms with van der Waals surface area (Å²) >= 11 is 2.00. The quantitative estimate of drug-likeness (QED) is 0.836. The van der Waals surface area contributed by atoms with E-state index in [9.17, 15) is 0 Å². The molecule has 96 valence electrons.